The van der Waals surface area contributed by atoms with Crippen molar-refractivity contribution in [3.8, 4) is 11.5 Å². The van der Waals surface area contributed by atoms with Crippen LogP contribution in [0.25, 0.3) is 0 Å². The number of carbonyl (C=O) groups excluding carboxylic acids is 2. The molecule has 1 aliphatic heterocycles. The van der Waals surface area contributed by atoms with E-state index in [9.17, 15) is 14.0 Å². The molecule has 0 saturated heterocycles. The van der Waals surface area contributed by atoms with Crippen molar-refractivity contribution in [2.75, 3.05) is 17.7 Å². The van der Waals surface area contributed by atoms with Gasteiger partial charge in [0.1, 0.15) is 17.3 Å². The third kappa shape index (κ3) is 3.01. The summed E-state index contributed by atoms with van der Waals surface area (Å²) < 4.78 is 24.3. The van der Waals surface area contributed by atoms with Gasteiger partial charge in [-0.3, -0.25) is 9.59 Å². The van der Waals surface area contributed by atoms with Gasteiger partial charge >= 0.3 is 0 Å². The SMILES string of the molecule is COc1ccc(C(=O)Nc2ccc3c(c2)NC(=O)[C@H](C)O3)c(F)c1. The quantitative estimate of drug-likeness (QED) is 0.907. The highest BCUT2D eigenvalue weighted by atomic mass is 19.1. The van der Waals surface area contributed by atoms with E-state index in [1.807, 2.05) is 0 Å². The monoisotopic (exact) mass is 330 g/mol. The molecule has 0 fully saturated rings. The number of hydrogen-bond acceptors (Lipinski definition) is 4. The molecule has 1 atom stereocenters. The van der Waals surface area contributed by atoms with Crippen molar-refractivity contribution in [3.63, 3.8) is 0 Å². The molecule has 124 valence electrons. The van der Waals surface area contributed by atoms with Gasteiger partial charge in [-0.25, -0.2) is 4.39 Å². The maximum atomic E-state index is 13.9. The second kappa shape index (κ2) is 6.19. The van der Waals surface area contributed by atoms with Crippen molar-refractivity contribution >= 4 is 23.2 Å². The van der Waals surface area contributed by atoms with E-state index in [1.54, 1.807) is 25.1 Å². The Bertz CT molecular complexity index is 822. The minimum absolute atomic E-state index is 0.109. The lowest BCUT2D eigenvalue weighted by Crippen LogP contribution is -2.34. The lowest BCUT2D eigenvalue weighted by Gasteiger charge is -2.23. The highest BCUT2D eigenvalue weighted by Gasteiger charge is 2.24. The first-order valence-electron chi connectivity index (χ1n) is 7.24. The average molecular weight is 330 g/mol. The Hall–Kier alpha value is -3.09. The van der Waals surface area contributed by atoms with E-state index < -0.39 is 17.8 Å². The first kappa shape index (κ1) is 15.8. The normalized spacial score (nSPS) is 15.8. The molecule has 0 aliphatic carbocycles. The van der Waals surface area contributed by atoms with Gasteiger partial charge in [0.15, 0.2) is 6.10 Å². The standard InChI is InChI=1S/C17H15FN2O4/c1-9-16(21)20-14-7-10(3-6-15(14)24-9)19-17(22)12-5-4-11(23-2)8-13(12)18/h3-9H,1-2H3,(H,19,22)(H,20,21)/t9-/m0/s1. The fourth-order valence-corrected chi connectivity index (χ4v) is 2.29. The molecule has 24 heavy (non-hydrogen) atoms. The molecule has 0 radical (unpaired) electrons. The number of fused-ring (bicyclic) bond motifs is 1. The molecule has 2 amide bonds. The van der Waals surface area contributed by atoms with Crippen molar-refractivity contribution in [1.29, 1.82) is 0 Å². The van der Waals surface area contributed by atoms with Gasteiger partial charge in [0, 0.05) is 11.8 Å². The molecule has 2 aromatic carbocycles. The molecule has 1 heterocycles. The number of anilines is 2. The van der Waals surface area contributed by atoms with Crippen LogP contribution in [0.4, 0.5) is 15.8 Å². The summed E-state index contributed by atoms with van der Waals surface area (Å²) in [4.78, 5) is 23.8. The summed E-state index contributed by atoms with van der Waals surface area (Å²) in [6.07, 6.45) is -0.577. The van der Waals surface area contributed by atoms with Crippen LogP contribution in [0.5, 0.6) is 11.5 Å². The molecular formula is C17H15FN2O4. The maximum absolute atomic E-state index is 13.9. The van der Waals surface area contributed by atoms with Crippen molar-refractivity contribution < 1.29 is 23.5 Å². The lowest BCUT2D eigenvalue weighted by atomic mass is 10.1. The van der Waals surface area contributed by atoms with Crippen molar-refractivity contribution in [2.45, 2.75) is 13.0 Å². The van der Waals surface area contributed by atoms with E-state index in [2.05, 4.69) is 10.6 Å². The van der Waals surface area contributed by atoms with Crippen LogP contribution < -0.4 is 20.1 Å². The van der Waals surface area contributed by atoms with Crippen LogP contribution in [-0.4, -0.2) is 25.0 Å². The predicted octanol–water partition coefficient (Wildman–Crippen LogP) is 2.81. The van der Waals surface area contributed by atoms with E-state index in [4.69, 9.17) is 9.47 Å². The van der Waals surface area contributed by atoms with Crippen molar-refractivity contribution in [3.05, 3.63) is 47.8 Å². The van der Waals surface area contributed by atoms with Gasteiger partial charge in [0.25, 0.3) is 11.8 Å². The van der Waals surface area contributed by atoms with Crippen LogP contribution in [0.2, 0.25) is 0 Å². The Kier molecular flexibility index (Phi) is 4.07. The zero-order valence-electron chi connectivity index (χ0n) is 13.1. The molecule has 3 rings (SSSR count). The van der Waals surface area contributed by atoms with Gasteiger partial charge in [-0.15, -0.1) is 0 Å². The number of hydrogen-bond donors (Lipinski definition) is 2. The van der Waals surface area contributed by atoms with E-state index in [0.29, 0.717) is 22.9 Å². The molecule has 0 bridgehead atoms. The van der Waals surface area contributed by atoms with E-state index in [1.165, 1.54) is 19.2 Å². The van der Waals surface area contributed by atoms with Crippen LogP contribution in [0.1, 0.15) is 17.3 Å². The summed E-state index contributed by atoms with van der Waals surface area (Å²) in [5, 5.41) is 5.27. The number of ether oxygens (including phenoxy) is 2. The van der Waals surface area contributed by atoms with Gasteiger partial charge < -0.3 is 20.1 Å². The lowest BCUT2D eigenvalue weighted by molar-refractivity contribution is -0.122. The largest absolute Gasteiger partial charge is 0.497 e. The summed E-state index contributed by atoms with van der Waals surface area (Å²) in [6, 6.07) is 8.78. The van der Waals surface area contributed by atoms with Gasteiger partial charge in [-0.05, 0) is 37.3 Å². The number of carbonyl (C=O) groups is 2. The Morgan fingerprint density at radius 1 is 1.29 bits per heavy atom. The van der Waals surface area contributed by atoms with Gasteiger partial charge in [0.05, 0.1) is 18.4 Å². The summed E-state index contributed by atoms with van der Waals surface area (Å²) in [7, 11) is 1.42. The fraction of sp³-hybridized carbons (Fsp3) is 0.176. The number of benzene rings is 2. The fourth-order valence-electron chi connectivity index (χ4n) is 2.29. The first-order valence-corrected chi connectivity index (χ1v) is 7.24. The Balaban J connectivity index is 1.80. The Morgan fingerprint density at radius 3 is 2.79 bits per heavy atom. The number of halogens is 1. The van der Waals surface area contributed by atoms with Crippen molar-refractivity contribution in [1.82, 2.24) is 0 Å². The van der Waals surface area contributed by atoms with Gasteiger partial charge in [-0.2, -0.15) is 0 Å². The number of nitrogens with one attached hydrogen (secondary N) is 2. The zero-order valence-corrected chi connectivity index (χ0v) is 13.1. The van der Waals surface area contributed by atoms with Gasteiger partial charge in [0.2, 0.25) is 0 Å². The molecule has 1 aliphatic rings. The Labute approximate surface area is 137 Å². The molecule has 7 heteroatoms. The van der Waals surface area contributed by atoms with Gasteiger partial charge in [-0.1, -0.05) is 0 Å². The highest BCUT2D eigenvalue weighted by Crippen LogP contribution is 2.32. The minimum Gasteiger partial charge on any atom is -0.497 e. The van der Waals surface area contributed by atoms with E-state index in [0.717, 1.165) is 6.07 Å². The van der Waals surface area contributed by atoms with E-state index >= 15 is 0 Å². The third-order valence-electron chi connectivity index (χ3n) is 3.59. The first-order chi connectivity index (χ1) is 11.5. The van der Waals surface area contributed by atoms with Crippen LogP contribution in [0.15, 0.2) is 36.4 Å². The van der Waals surface area contributed by atoms with Crippen LogP contribution in [-0.2, 0) is 4.79 Å². The molecule has 6 nitrogen and oxygen atoms in total. The highest BCUT2D eigenvalue weighted by molar-refractivity contribution is 6.05. The topological polar surface area (TPSA) is 76.7 Å². The average Bonchev–Trinajstić information content (AvgIpc) is 2.56. The van der Waals surface area contributed by atoms with Crippen LogP contribution in [0.3, 0.4) is 0 Å². The second-order valence-electron chi connectivity index (χ2n) is 5.26. The van der Waals surface area contributed by atoms with E-state index in [-0.39, 0.29) is 11.5 Å². The Morgan fingerprint density at radius 2 is 2.08 bits per heavy atom. The molecular weight excluding hydrogens is 315 g/mol. The van der Waals surface area contributed by atoms with Crippen LogP contribution in [0, 0.1) is 5.82 Å². The molecule has 2 aromatic rings. The second-order valence-corrected chi connectivity index (χ2v) is 5.26. The summed E-state index contributed by atoms with van der Waals surface area (Å²) in [6.45, 7) is 1.64. The molecule has 0 aromatic heterocycles. The predicted molar refractivity (Wildman–Crippen MR) is 86.1 cm³/mol. The zero-order chi connectivity index (χ0) is 17.3. The molecule has 0 saturated carbocycles. The van der Waals surface area contributed by atoms with Crippen LogP contribution >= 0.6 is 0 Å². The number of methoxy groups -OCH3 is 1. The smallest absolute Gasteiger partial charge is 0.265 e. The summed E-state index contributed by atoms with van der Waals surface area (Å²) in [5.74, 6) is -0.725. The number of amides is 2. The number of rotatable bonds is 3. The van der Waals surface area contributed by atoms with Crippen molar-refractivity contribution in [2.24, 2.45) is 0 Å². The third-order valence-corrected chi connectivity index (χ3v) is 3.59. The summed E-state index contributed by atoms with van der Waals surface area (Å²) in [5.41, 5.74) is 0.751. The maximum Gasteiger partial charge on any atom is 0.265 e. The molecule has 2 N–H and O–H groups in total. The molecule has 0 unspecified atom stereocenters. The molecule has 0 spiro atoms. The summed E-state index contributed by atoms with van der Waals surface area (Å²) >= 11 is 0. The minimum atomic E-state index is -0.685.